The summed E-state index contributed by atoms with van der Waals surface area (Å²) in [6.45, 7) is 5.79. The van der Waals surface area contributed by atoms with Crippen LogP contribution in [0.1, 0.15) is 27.2 Å². The summed E-state index contributed by atoms with van der Waals surface area (Å²) in [5, 5.41) is 20.4. The van der Waals surface area contributed by atoms with Crippen LogP contribution in [0.5, 0.6) is 0 Å². The van der Waals surface area contributed by atoms with E-state index in [1.165, 1.54) is 14.2 Å². The molecule has 0 aromatic heterocycles. The van der Waals surface area contributed by atoms with Crippen molar-refractivity contribution < 1.29 is 19.7 Å². The SMILES string of the molecule is COC1=C(OC)C(O)C(CC=C(C)C)=C(C)C1O. The van der Waals surface area contributed by atoms with E-state index < -0.39 is 12.2 Å². The highest BCUT2D eigenvalue weighted by Crippen LogP contribution is 2.33. The lowest BCUT2D eigenvalue weighted by Gasteiger charge is -2.30. The van der Waals surface area contributed by atoms with Crippen LogP contribution in [0.25, 0.3) is 0 Å². The lowest BCUT2D eigenvalue weighted by atomic mass is 9.88. The molecule has 0 fully saturated rings. The summed E-state index contributed by atoms with van der Waals surface area (Å²) >= 11 is 0. The minimum atomic E-state index is -0.857. The minimum Gasteiger partial charge on any atom is -0.494 e. The molecule has 1 rings (SSSR count). The molecule has 1 aliphatic carbocycles. The van der Waals surface area contributed by atoms with Gasteiger partial charge < -0.3 is 19.7 Å². The van der Waals surface area contributed by atoms with Crippen molar-refractivity contribution >= 4 is 0 Å². The first-order valence-corrected chi connectivity index (χ1v) is 5.95. The Morgan fingerprint density at radius 2 is 1.61 bits per heavy atom. The fourth-order valence-electron chi connectivity index (χ4n) is 2.03. The molecule has 4 heteroatoms. The molecule has 0 aromatic rings. The van der Waals surface area contributed by atoms with Crippen molar-refractivity contribution in [2.24, 2.45) is 0 Å². The highest BCUT2D eigenvalue weighted by atomic mass is 16.5. The molecule has 4 nitrogen and oxygen atoms in total. The molecule has 2 unspecified atom stereocenters. The maximum Gasteiger partial charge on any atom is 0.169 e. The Labute approximate surface area is 108 Å². The number of hydrogen-bond acceptors (Lipinski definition) is 4. The second-order valence-corrected chi connectivity index (χ2v) is 4.64. The number of aliphatic hydroxyl groups is 2. The van der Waals surface area contributed by atoms with Crippen molar-refractivity contribution in [2.45, 2.75) is 39.4 Å². The molecule has 0 bridgehead atoms. The molecule has 0 saturated carbocycles. The molecule has 18 heavy (non-hydrogen) atoms. The van der Waals surface area contributed by atoms with Crippen LogP contribution in [0.15, 0.2) is 34.3 Å². The molecule has 102 valence electrons. The third-order valence-electron chi connectivity index (χ3n) is 3.16. The van der Waals surface area contributed by atoms with Gasteiger partial charge in [-0.1, -0.05) is 11.6 Å². The number of allylic oxidation sites excluding steroid dienone is 2. The molecule has 0 saturated heterocycles. The summed E-state index contributed by atoms with van der Waals surface area (Å²) in [7, 11) is 2.92. The number of hydrogen-bond donors (Lipinski definition) is 2. The smallest absolute Gasteiger partial charge is 0.169 e. The van der Waals surface area contributed by atoms with Crippen LogP contribution < -0.4 is 0 Å². The summed E-state index contributed by atoms with van der Waals surface area (Å²) < 4.78 is 10.3. The monoisotopic (exact) mass is 254 g/mol. The maximum absolute atomic E-state index is 10.3. The van der Waals surface area contributed by atoms with E-state index in [9.17, 15) is 10.2 Å². The molecule has 0 radical (unpaired) electrons. The molecule has 1 aliphatic rings. The Morgan fingerprint density at radius 1 is 1.11 bits per heavy atom. The first-order valence-electron chi connectivity index (χ1n) is 5.95. The molecule has 0 amide bonds. The van der Waals surface area contributed by atoms with Crippen LogP contribution in [-0.2, 0) is 9.47 Å². The average Bonchev–Trinajstić information content (AvgIpc) is 2.32. The lowest BCUT2D eigenvalue weighted by Crippen LogP contribution is -2.31. The zero-order valence-corrected chi connectivity index (χ0v) is 11.7. The van der Waals surface area contributed by atoms with Gasteiger partial charge >= 0.3 is 0 Å². The standard InChI is InChI=1S/C14H22O4/c1-8(2)6-7-10-9(3)11(15)13(17-4)14(18-5)12(10)16/h6,11-12,15-16H,7H2,1-5H3. The van der Waals surface area contributed by atoms with Gasteiger partial charge in [-0.3, -0.25) is 0 Å². The molecule has 2 N–H and O–H groups in total. The Hall–Kier alpha value is -1.26. The summed E-state index contributed by atoms with van der Waals surface area (Å²) in [6.07, 6.45) is 0.897. The Bertz CT molecular complexity index is 400. The Morgan fingerprint density at radius 3 is 2.06 bits per heavy atom. The van der Waals surface area contributed by atoms with Gasteiger partial charge in [-0.05, 0) is 38.3 Å². The quantitative estimate of drug-likeness (QED) is 0.752. The van der Waals surface area contributed by atoms with Crippen molar-refractivity contribution in [3.63, 3.8) is 0 Å². The maximum atomic E-state index is 10.3. The molecule has 0 aromatic carbocycles. The van der Waals surface area contributed by atoms with Gasteiger partial charge in [0, 0.05) is 0 Å². The van der Waals surface area contributed by atoms with Gasteiger partial charge in [0.1, 0.15) is 12.2 Å². The van der Waals surface area contributed by atoms with E-state index in [0.29, 0.717) is 6.42 Å². The number of ether oxygens (including phenoxy) is 2. The number of methoxy groups -OCH3 is 2. The normalized spacial score (nSPS) is 24.2. The fraction of sp³-hybridized carbons (Fsp3) is 0.571. The number of rotatable bonds is 4. The van der Waals surface area contributed by atoms with Crippen molar-refractivity contribution in [2.75, 3.05) is 14.2 Å². The molecule has 0 aliphatic heterocycles. The van der Waals surface area contributed by atoms with Crippen LogP contribution in [0.2, 0.25) is 0 Å². The van der Waals surface area contributed by atoms with E-state index in [1.807, 2.05) is 19.9 Å². The van der Waals surface area contributed by atoms with Gasteiger partial charge in [-0.2, -0.15) is 0 Å². The van der Waals surface area contributed by atoms with Crippen molar-refractivity contribution in [3.8, 4) is 0 Å². The van der Waals surface area contributed by atoms with Crippen LogP contribution in [-0.4, -0.2) is 36.6 Å². The Balaban J connectivity index is 3.13. The molecule has 0 spiro atoms. The molecular formula is C14H22O4. The minimum absolute atomic E-state index is 0.281. The summed E-state index contributed by atoms with van der Waals surface area (Å²) in [4.78, 5) is 0. The molecular weight excluding hydrogens is 232 g/mol. The second kappa shape index (κ2) is 6.07. The van der Waals surface area contributed by atoms with E-state index in [0.717, 1.165) is 16.7 Å². The molecule has 2 atom stereocenters. The predicted octanol–water partition coefficient (Wildman–Crippen LogP) is 1.90. The predicted molar refractivity (Wildman–Crippen MR) is 69.8 cm³/mol. The average molecular weight is 254 g/mol. The van der Waals surface area contributed by atoms with Gasteiger partial charge in [-0.25, -0.2) is 0 Å². The number of aliphatic hydroxyl groups excluding tert-OH is 2. The zero-order chi connectivity index (χ0) is 13.9. The summed E-state index contributed by atoms with van der Waals surface area (Å²) in [5.74, 6) is 0.566. The van der Waals surface area contributed by atoms with Gasteiger partial charge in [0.15, 0.2) is 11.5 Å². The van der Waals surface area contributed by atoms with Gasteiger partial charge in [0.05, 0.1) is 14.2 Å². The largest absolute Gasteiger partial charge is 0.494 e. The van der Waals surface area contributed by atoms with E-state index >= 15 is 0 Å². The lowest BCUT2D eigenvalue weighted by molar-refractivity contribution is 0.0794. The van der Waals surface area contributed by atoms with E-state index in [1.54, 1.807) is 6.92 Å². The van der Waals surface area contributed by atoms with Crippen LogP contribution in [0.4, 0.5) is 0 Å². The summed E-state index contributed by atoms with van der Waals surface area (Å²) in [5.41, 5.74) is 2.65. The van der Waals surface area contributed by atoms with Crippen LogP contribution in [0.3, 0.4) is 0 Å². The van der Waals surface area contributed by atoms with E-state index in [-0.39, 0.29) is 11.5 Å². The fourth-order valence-corrected chi connectivity index (χ4v) is 2.03. The third kappa shape index (κ3) is 2.76. The van der Waals surface area contributed by atoms with Crippen molar-refractivity contribution in [1.82, 2.24) is 0 Å². The highest BCUT2D eigenvalue weighted by molar-refractivity contribution is 5.39. The summed E-state index contributed by atoms with van der Waals surface area (Å²) in [6, 6.07) is 0. The van der Waals surface area contributed by atoms with Crippen LogP contribution in [0, 0.1) is 0 Å². The van der Waals surface area contributed by atoms with Crippen molar-refractivity contribution in [1.29, 1.82) is 0 Å². The van der Waals surface area contributed by atoms with Crippen LogP contribution >= 0.6 is 0 Å². The highest BCUT2D eigenvalue weighted by Gasteiger charge is 2.34. The zero-order valence-electron chi connectivity index (χ0n) is 11.7. The molecule has 0 heterocycles. The van der Waals surface area contributed by atoms with E-state index in [2.05, 4.69) is 0 Å². The van der Waals surface area contributed by atoms with E-state index in [4.69, 9.17) is 9.47 Å². The van der Waals surface area contributed by atoms with Gasteiger partial charge in [0.25, 0.3) is 0 Å². The first-order chi connectivity index (χ1) is 8.43. The first kappa shape index (κ1) is 14.8. The van der Waals surface area contributed by atoms with Gasteiger partial charge in [-0.15, -0.1) is 0 Å². The third-order valence-corrected chi connectivity index (χ3v) is 3.16. The second-order valence-electron chi connectivity index (χ2n) is 4.64. The van der Waals surface area contributed by atoms with Gasteiger partial charge in [0.2, 0.25) is 0 Å². The topological polar surface area (TPSA) is 58.9 Å². The Kier molecular flexibility index (Phi) is 4.99. The van der Waals surface area contributed by atoms with Crippen molar-refractivity contribution in [3.05, 3.63) is 34.3 Å².